The van der Waals surface area contributed by atoms with E-state index in [0.717, 1.165) is 6.20 Å². The minimum Gasteiger partial charge on any atom is -0.262 e. The van der Waals surface area contributed by atoms with Crippen LogP contribution in [0.1, 0.15) is 5.56 Å². The van der Waals surface area contributed by atoms with E-state index in [1.54, 1.807) is 6.07 Å². The number of aromatic nitrogens is 1. The van der Waals surface area contributed by atoms with Crippen LogP contribution >= 0.6 is 11.6 Å². The summed E-state index contributed by atoms with van der Waals surface area (Å²) >= 11 is 5.53. The molecule has 1 aromatic rings. The number of sulfonamides is 1. The topological polar surface area (TPSA) is 96.8 Å². The summed E-state index contributed by atoms with van der Waals surface area (Å²) in [6, 6.07) is 1.64. The lowest BCUT2D eigenvalue weighted by molar-refractivity contribution is 0.597. The Morgan fingerprint density at radius 1 is 1.54 bits per heavy atom. The molecule has 5 nitrogen and oxygen atoms in total. The van der Waals surface area contributed by atoms with Gasteiger partial charge in [-0.25, -0.2) is 13.6 Å². The summed E-state index contributed by atoms with van der Waals surface area (Å²) in [4.78, 5) is 3.16. The summed E-state index contributed by atoms with van der Waals surface area (Å²) in [5, 5.41) is 13.4. The van der Waals surface area contributed by atoms with Gasteiger partial charge in [-0.1, -0.05) is 11.6 Å². The molecule has 7 heteroatoms. The Kier molecular flexibility index (Phi) is 2.52. The zero-order valence-electron chi connectivity index (χ0n) is 6.23. The maximum Gasteiger partial charge on any atom is 0.240 e. The summed E-state index contributed by atoms with van der Waals surface area (Å²) in [7, 11) is -3.94. The van der Waals surface area contributed by atoms with Gasteiger partial charge in [-0.2, -0.15) is 5.26 Å². The fraction of sp³-hybridized carbons (Fsp3) is 0. The minimum atomic E-state index is -3.94. The Morgan fingerprint density at radius 3 is 2.54 bits per heavy atom. The first-order chi connectivity index (χ1) is 5.96. The molecule has 0 saturated carbocycles. The van der Waals surface area contributed by atoms with E-state index in [0.29, 0.717) is 0 Å². The van der Waals surface area contributed by atoms with E-state index in [1.807, 2.05) is 0 Å². The summed E-state index contributed by atoms with van der Waals surface area (Å²) in [5.74, 6) is 0. The Bertz CT molecular complexity index is 477. The smallest absolute Gasteiger partial charge is 0.240 e. The molecule has 0 aromatic carbocycles. The summed E-state index contributed by atoms with van der Waals surface area (Å²) < 4.78 is 21.8. The molecular formula is C6H4ClN3O2S. The van der Waals surface area contributed by atoms with Crippen molar-refractivity contribution >= 4 is 21.6 Å². The van der Waals surface area contributed by atoms with Crippen molar-refractivity contribution < 1.29 is 8.42 Å². The molecule has 2 N–H and O–H groups in total. The van der Waals surface area contributed by atoms with E-state index < -0.39 is 10.0 Å². The van der Waals surface area contributed by atoms with Gasteiger partial charge < -0.3 is 0 Å². The standard InChI is InChI=1S/C6H4ClN3O2S/c7-5-2-10-3-6(4(5)1-8)13(9,11)12/h2-3H,(H2,9,11,12). The van der Waals surface area contributed by atoms with Crippen LogP contribution < -0.4 is 5.14 Å². The van der Waals surface area contributed by atoms with Crippen molar-refractivity contribution in [3.8, 4) is 6.07 Å². The molecule has 0 atom stereocenters. The molecule has 0 spiro atoms. The normalized spacial score (nSPS) is 10.8. The number of nitrogens with two attached hydrogens (primary N) is 1. The predicted octanol–water partition coefficient (Wildman–Crippen LogP) is 0.254. The second kappa shape index (κ2) is 3.30. The number of hydrogen-bond acceptors (Lipinski definition) is 4. The van der Waals surface area contributed by atoms with E-state index in [-0.39, 0.29) is 15.5 Å². The van der Waals surface area contributed by atoms with Crippen LogP contribution in [0.4, 0.5) is 0 Å². The van der Waals surface area contributed by atoms with Gasteiger partial charge in [0.1, 0.15) is 11.0 Å². The Hall–Kier alpha value is -1.16. The van der Waals surface area contributed by atoms with Crippen LogP contribution in [0.5, 0.6) is 0 Å². The first-order valence-electron chi connectivity index (χ1n) is 3.03. The van der Waals surface area contributed by atoms with Crippen LogP contribution in [0, 0.1) is 11.3 Å². The molecule has 0 radical (unpaired) electrons. The molecule has 0 fully saturated rings. The van der Waals surface area contributed by atoms with E-state index in [4.69, 9.17) is 22.0 Å². The first kappa shape index (κ1) is 9.92. The van der Waals surface area contributed by atoms with Crippen LogP contribution in [0.25, 0.3) is 0 Å². The quantitative estimate of drug-likeness (QED) is 0.729. The van der Waals surface area contributed by atoms with Crippen molar-refractivity contribution in [3.05, 3.63) is 23.0 Å². The lowest BCUT2D eigenvalue weighted by atomic mass is 10.3. The molecule has 13 heavy (non-hydrogen) atoms. The highest BCUT2D eigenvalue weighted by Gasteiger charge is 2.16. The highest BCUT2D eigenvalue weighted by atomic mass is 35.5. The Labute approximate surface area is 79.8 Å². The summed E-state index contributed by atoms with van der Waals surface area (Å²) in [6.07, 6.45) is 2.16. The van der Waals surface area contributed by atoms with Gasteiger partial charge in [0, 0.05) is 12.4 Å². The molecular weight excluding hydrogens is 214 g/mol. The summed E-state index contributed by atoms with van der Waals surface area (Å²) in [5.41, 5.74) is -0.181. The average Bonchev–Trinajstić information content (AvgIpc) is 2.02. The van der Waals surface area contributed by atoms with Gasteiger partial charge in [0.05, 0.1) is 10.6 Å². The van der Waals surface area contributed by atoms with Crippen LogP contribution in [0.2, 0.25) is 5.02 Å². The number of primary sulfonamides is 1. The summed E-state index contributed by atoms with van der Waals surface area (Å²) in [6.45, 7) is 0. The van der Waals surface area contributed by atoms with Gasteiger partial charge >= 0.3 is 0 Å². The van der Waals surface area contributed by atoms with Crippen LogP contribution in [0.15, 0.2) is 17.3 Å². The lowest BCUT2D eigenvalue weighted by Gasteiger charge is -2.00. The lowest BCUT2D eigenvalue weighted by Crippen LogP contribution is -2.14. The second-order valence-corrected chi connectivity index (χ2v) is 4.09. The molecule has 0 aliphatic carbocycles. The van der Waals surface area contributed by atoms with Crippen molar-refractivity contribution in [1.82, 2.24) is 4.98 Å². The van der Waals surface area contributed by atoms with Gasteiger partial charge in [-0.3, -0.25) is 4.98 Å². The highest BCUT2D eigenvalue weighted by molar-refractivity contribution is 7.89. The Balaban J connectivity index is 3.59. The number of nitriles is 1. The molecule has 0 amide bonds. The van der Waals surface area contributed by atoms with Crippen molar-refractivity contribution in [2.75, 3.05) is 0 Å². The molecule has 68 valence electrons. The van der Waals surface area contributed by atoms with Gasteiger partial charge in [0.15, 0.2) is 0 Å². The number of nitrogens with zero attached hydrogens (tertiary/aromatic N) is 2. The molecule has 0 aliphatic heterocycles. The number of halogens is 1. The van der Waals surface area contributed by atoms with E-state index in [2.05, 4.69) is 4.98 Å². The fourth-order valence-corrected chi connectivity index (χ4v) is 1.65. The highest BCUT2D eigenvalue weighted by Crippen LogP contribution is 2.19. The third-order valence-corrected chi connectivity index (χ3v) is 2.49. The molecule has 0 saturated heterocycles. The van der Waals surface area contributed by atoms with Gasteiger partial charge in [-0.05, 0) is 0 Å². The zero-order valence-corrected chi connectivity index (χ0v) is 7.80. The van der Waals surface area contributed by atoms with Crippen molar-refractivity contribution in [2.45, 2.75) is 4.90 Å². The third-order valence-electron chi connectivity index (χ3n) is 1.28. The molecule has 0 bridgehead atoms. The SMILES string of the molecule is N#Cc1c(Cl)cncc1S(N)(=O)=O. The van der Waals surface area contributed by atoms with Gasteiger partial charge in [0.2, 0.25) is 10.0 Å². The van der Waals surface area contributed by atoms with Gasteiger partial charge in [-0.15, -0.1) is 0 Å². The largest absolute Gasteiger partial charge is 0.262 e. The predicted molar refractivity (Wildman–Crippen MR) is 45.3 cm³/mol. The maximum absolute atomic E-state index is 10.9. The van der Waals surface area contributed by atoms with Crippen molar-refractivity contribution in [2.24, 2.45) is 5.14 Å². The monoisotopic (exact) mass is 217 g/mol. The van der Waals surface area contributed by atoms with Crippen LogP contribution in [-0.4, -0.2) is 13.4 Å². The Morgan fingerprint density at radius 2 is 2.15 bits per heavy atom. The van der Waals surface area contributed by atoms with E-state index in [9.17, 15) is 8.42 Å². The first-order valence-corrected chi connectivity index (χ1v) is 4.95. The van der Waals surface area contributed by atoms with Gasteiger partial charge in [0.25, 0.3) is 0 Å². The van der Waals surface area contributed by atoms with E-state index in [1.165, 1.54) is 6.20 Å². The van der Waals surface area contributed by atoms with E-state index >= 15 is 0 Å². The number of rotatable bonds is 1. The molecule has 0 aliphatic rings. The fourth-order valence-electron chi connectivity index (χ4n) is 0.741. The maximum atomic E-state index is 10.9. The molecule has 1 heterocycles. The molecule has 0 unspecified atom stereocenters. The zero-order chi connectivity index (χ0) is 10.1. The number of hydrogen-bond donors (Lipinski definition) is 1. The minimum absolute atomic E-state index is 0.0333. The second-order valence-electron chi connectivity index (χ2n) is 2.15. The average molecular weight is 218 g/mol. The number of pyridine rings is 1. The van der Waals surface area contributed by atoms with Crippen molar-refractivity contribution in [3.63, 3.8) is 0 Å². The van der Waals surface area contributed by atoms with Crippen molar-refractivity contribution in [1.29, 1.82) is 5.26 Å². The van der Waals surface area contributed by atoms with Crippen LogP contribution in [0.3, 0.4) is 0 Å². The molecule has 1 aromatic heterocycles. The third kappa shape index (κ3) is 1.95. The molecule has 1 rings (SSSR count). The van der Waals surface area contributed by atoms with Crippen LogP contribution in [-0.2, 0) is 10.0 Å².